The van der Waals surface area contributed by atoms with E-state index in [2.05, 4.69) is 25.3 Å². The van der Waals surface area contributed by atoms with Crippen LogP contribution in [0.25, 0.3) is 33.5 Å². The van der Waals surface area contributed by atoms with E-state index in [1.807, 2.05) is 24.3 Å². The van der Waals surface area contributed by atoms with Gasteiger partial charge in [0, 0.05) is 24.2 Å². The number of anilines is 1. The van der Waals surface area contributed by atoms with Crippen molar-refractivity contribution in [2.75, 3.05) is 5.32 Å². The predicted molar refractivity (Wildman–Crippen MR) is 126 cm³/mol. The van der Waals surface area contributed by atoms with E-state index in [9.17, 15) is 9.18 Å². The molecule has 0 atom stereocenters. The molecule has 4 heterocycles. The summed E-state index contributed by atoms with van der Waals surface area (Å²) in [6.07, 6.45) is 5.10. The Morgan fingerprint density at radius 3 is 2.58 bits per heavy atom. The molecule has 0 fully saturated rings. The molecule has 0 spiro atoms. The number of halogens is 2. The molecule has 0 aliphatic rings. The third-order valence-corrected chi connectivity index (χ3v) is 5.47. The maximum atomic E-state index is 13.1. The lowest BCUT2D eigenvalue weighted by atomic mass is 10.0. The summed E-state index contributed by atoms with van der Waals surface area (Å²) in [7, 11) is 0. The first-order valence-corrected chi connectivity index (χ1v) is 10.5. The quantitative estimate of drug-likeness (QED) is 0.356. The van der Waals surface area contributed by atoms with Crippen LogP contribution in [-0.4, -0.2) is 25.8 Å². The summed E-state index contributed by atoms with van der Waals surface area (Å²) in [6.45, 7) is 0. The molecule has 6 nitrogen and oxygen atoms in total. The summed E-state index contributed by atoms with van der Waals surface area (Å²) < 4.78 is 13.1. The molecule has 0 bridgehead atoms. The first-order chi connectivity index (χ1) is 16.1. The second kappa shape index (κ2) is 8.80. The fourth-order valence-corrected chi connectivity index (χ4v) is 3.85. The van der Waals surface area contributed by atoms with E-state index in [1.54, 1.807) is 42.9 Å². The monoisotopic (exact) mass is 457 g/mol. The third kappa shape index (κ3) is 4.31. The number of nitrogens with one attached hydrogen (secondary N) is 2. The van der Waals surface area contributed by atoms with Crippen molar-refractivity contribution in [2.24, 2.45) is 0 Å². The van der Waals surface area contributed by atoms with E-state index in [4.69, 9.17) is 11.6 Å². The summed E-state index contributed by atoms with van der Waals surface area (Å²) in [4.78, 5) is 29.1. The molecule has 2 N–H and O–H groups in total. The van der Waals surface area contributed by atoms with Crippen molar-refractivity contribution in [1.29, 1.82) is 0 Å². The van der Waals surface area contributed by atoms with Gasteiger partial charge >= 0.3 is 0 Å². The molecular formula is C25H17ClFN5O. The van der Waals surface area contributed by atoms with Gasteiger partial charge in [0.1, 0.15) is 11.6 Å². The largest absolute Gasteiger partial charge is 0.351 e. The van der Waals surface area contributed by atoms with Gasteiger partial charge < -0.3 is 10.3 Å². The van der Waals surface area contributed by atoms with Crippen LogP contribution in [0.1, 0.15) is 5.56 Å². The molecule has 0 saturated carbocycles. The van der Waals surface area contributed by atoms with E-state index in [0.29, 0.717) is 27.4 Å². The van der Waals surface area contributed by atoms with Crippen LogP contribution in [0.3, 0.4) is 0 Å². The summed E-state index contributed by atoms with van der Waals surface area (Å²) in [5.41, 5.74) is 5.22. The Bertz CT molecular complexity index is 1450. The van der Waals surface area contributed by atoms with Gasteiger partial charge in [0.05, 0.1) is 39.4 Å². The number of aromatic nitrogens is 4. The number of nitrogens with zero attached hydrogens (tertiary/aromatic N) is 3. The molecule has 5 rings (SSSR count). The Kier molecular flexibility index (Phi) is 5.54. The van der Waals surface area contributed by atoms with E-state index in [0.717, 1.165) is 22.5 Å². The van der Waals surface area contributed by atoms with E-state index >= 15 is 0 Å². The van der Waals surface area contributed by atoms with Crippen LogP contribution in [0.4, 0.5) is 10.2 Å². The smallest absolute Gasteiger partial charge is 0.229 e. The number of carbonyl (C=O) groups excluding carboxylic acids is 1. The lowest BCUT2D eigenvalue weighted by molar-refractivity contribution is -0.115. The Balaban J connectivity index is 1.51. The fraction of sp³-hybridized carbons (Fsp3) is 0.0400. The third-order valence-electron chi connectivity index (χ3n) is 5.15. The van der Waals surface area contributed by atoms with Crippen molar-refractivity contribution in [3.05, 3.63) is 95.7 Å². The van der Waals surface area contributed by atoms with Crippen molar-refractivity contribution in [2.45, 2.75) is 6.42 Å². The number of hydrogen-bond acceptors (Lipinski definition) is 4. The van der Waals surface area contributed by atoms with Crippen LogP contribution >= 0.6 is 11.6 Å². The fourth-order valence-electron chi connectivity index (χ4n) is 3.66. The Morgan fingerprint density at radius 1 is 0.970 bits per heavy atom. The van der Waals surface area contributed by atoms with Crippen molar-refractivity contribution in [3.8, 4) is 22.5 Å². The minimum Gasteiger partial charge on any atom is -0.351 e. The van der Waals surface area contributed by atoms with Gasteiger partial charge in [-0.1, -0.05) is 29.8 Å². The van der Waals surface area contributed by atoms with Crippen molar-refractivity contribution < 1.29 is 9.18 Å². The maximum Gasteiger partial charge on any atom is 0.229 e. The summed E-state index contributed by atoms with van der Waals surface area (Å²) in [6, 6.07) is 16.8. The number of H-pyrrole nitrogens is 1. The number of amides is 1. The number of pyridine rings is 3. The highest BCUT2D eigenvalue weighted by molar-refractivity contribution is 6.35. The molecule has 0 saturated heterocycles. The van der Waals surface area contributed by atoms with E-state index in [-0.39, 0.29) is 18.1 Å². The van der Waals surface area contributed by atoms with Gasteiger partial charge in [0.25, 0.3) is 0 Å². The molecule has 0 aliphatic heterocycles. The zero-order valence-corrected chi connectivity index (χ0v) is 18.0. The summed E-state index contributed by atoms with van der Waals surface area (Å²) in [5.74, 6) is -0.202. The number of fused-ring (bicyclic) bond motifs is 1. The SMILES string of the molecule is O=C(Cc1ccc(F)cc1)Nc1cc(-c2[nH]c3c(Cl)ccnc3c2-c2ccccn2)ccn1. The zero-order chi connectivity index (χ0) is 22.8. The normalized spacial score (nSPS) is 11.0. The number of aromatic amines is 1. The van der Waals surface area contributed by atoms with Gasteiger partial charge in [-0.3, -0.25) is 14.8 Å². The molecule has 33 heavy (non-hydrogen) atoms. The maximum absolute atomic E-state index is 13.1. The summed E-state index contributed by atoms with van der Waals surface area (Å²) in [5, 5.41) is 3.35. The second-order valence-electron chi connectivity index (χ2n) is 7.39. The second-order valence-corrected chi connectivity index (χ2v) is 7.79. The van der Waals surface area contributed by atoms with Crippen LogP contribution in [0.15, 0.2) is 79.3 Å². The molecule has 1 aromatic carbocycles. The molecule has 5 aromatic rings. The molecular weight excluding hydrogens is 441 g/mol. The first kappa shape index (κ1) is 20.8. The van der Waals surface area contributed by atoms with Gasteiger partial charge in [-0.2, -0.15) is 0 Å². The highest BCUT2D eigenvalue weighted by atomic mass is 35.5. The molecule has 8 heteroatoms. The van der Waals surface area contributed by atoms with Gasteiger partial charge in [-0.25, -0.2) is 9.37 Å². The highest BCUT2D eigenvalue weighted by Gasteiger charge is 2.19. The van der Waals surface area contributed by atoms with E-state index in [1.165, 1.54) is 12.1 Å². The first-order valence-electron chi connectivity index (χ1n) is 10.2. The van der Waals surface area contributed by atoms with Crippen molar-refractivity contribution >= 4 is 34.4 Å². The Morgan fingerprint density at radius 2 is 1.79 bits per heavy atom. The standard InChI is InChI=1S/C25H17ClFN5O/c26-18-9-12-30-25-22(19-3-1-2-10-28-19)23(32-24(18)25)16-8-11-29-20(14-16)31-21(33)13-15-4-6-17(27)7-5-15/h1-12,14,32H,13H2,(H,29,31,33). The number of hydrogen-bond donors (Lipinski definition) is 2. The van der Waals surface area contributed by atoms with E-state index < -0.39 is 0 Å². The van der Waals surface area contributed by atoms with Gasteiger partial charge in [-0.05, 0) is 48.0 Å². The highest BCUT2D eigenvalue weighted by Crippen LogP contribution is 2.38. The lowest BCUT2D eigenvalue weighted by Gasteiger charge is -2.08. The van der Waals surface area contributed by atoms with Gasteiger partial charge in [0.15, 0.2) is 0 Å². The topological polar surface area (TPSA) is 83.6 Å². The molecule has 1 amide bonds. The average molecular weight is 458 g/mol. The van der Waals surface area contributed by atoms with Crippen LogP contribution in [-0.2, 0) is 11.2 Å². The molecule has 4 aromatic heterocycles. The lowest BCUT2D eigenvalue weighted by Crippen LogP contribution is -2.15. The van der Waals surface area contributed by atoms with Gasteiger partial charge in [0.2, 0.25) is 5.91 Å². The van der Waals surface area contributed by atoms with Crippen LogP contribution in [0.2, 0.25) is 5.02 Å². The Labute approximate surface area is 193 Å². The molecule has 0 unspecified atom stereocenters. The van der Waals surface area contributed by atoms with Gasteiger partial charge in [-0.15, -0.1) is 0 Å². The number of benzene rings is 1. The molecule has 0 radical (unpaired) electrons. The minimum absolute atomic E-state index is 0.108. The number of carbonyl (C=O) groups is 1. The van der Waals surface area contributed by atoms with Crippen molar-refractivity contribution in [1.82, 2.24) is 19.9 Å². The molecule has 162 valence electrons. The Hall–Kier alpha value is -4.10. The average Bonchev–Trinajstić information content (AvgIpc) is 3.22. The van der Waals surface area contributed by atoms with Crippen LogP contribution < -0.4 is 5.32 Å². The molecule has 0 aliphatic carbocycles. The van der Waals surface area contributed by atoms with Crippen LogP contribution in [0.5, 0.6) is 0 Å². The number of rotatable bonds is 5. The summed E-state index contributed by atoms with van der Waals surface area (Å²) >= 11 is 6.42. The predicted octanol–water partition coefficient (Wildman–Crippen LogP) is 5.66. The van der Waals surface area contributed by atoms with Crippen molar-refractivity contribution in [3.63, 3.8) is 0 Å². The minimum atomic E-state index is -0.342. The zero-order valence-electron chi connectivity index (χ0n) is 17.2. The van der Waals surface area contributed by atoms with Crippen LogP contribution in [0, 0.1) is 5.82 Å².